The molecule has 3 aliphatic rings. The van der Waals surface area contributed by atoms with Crippen LogP contribution in [0.15, 0.2) is 83.5 Å². The van der Waals surface area contributed by atoms with Crippen LogP contribution >= 0.6 is 11.6 Å². The molecule has 42 heavy (non-hydrogen) atoms. The van der Waals surface area contributed by atoms with Crippen molar-refractivity contribution in [3.8, 4) is 0 Å². The molecule has 1 saturated carbocycles. The Morgan fingerprint density at radius 1 is 1.02 bits per heavy atom. The second kappa shape index (κ2) is 10.8. The van der Waals surface area contributed by atoms with Crippen LogP contribution in [0.4, 0.5) is 13.6 Å². The second-order valence-electron chi connectivity index (χ2n) is 10.9. The largest absolute Gasteiger partial charge is 0.325 e. The second-order valence-corrected chi connectivity index (χ2v) is 11.3. The zero-order chi connectivity index (χ0) is 29.6. The first-order valence-corrected chi connectivity index (χ1v) is 14.0. The van der Waals surface area contributed by atoms with Gasteiger partial charge in [0, 0.05) is 10.9 Å². The molecule has 0 bridgehead atoms. The first kappa shape index (κ1) is 27.8. The summed E-state index contributed by atoms with van der Waals surface area (Å²) < 4.78 is 27.3. The molecule has 1 aliphatic carbocycles. The highest BCUT2D eigenvalue weighted by atomic mass is 35.5. The standard InChI is InChI=1S/C32H27ClF2N4O3/c1-32(22-9-11-23(33)12-10-22)30(41)38(31(42)36-32)18-27(40)39-29(20-7-15-25(35)16-8-20)26-4-2-3-21(28(26)37-39)17-19-5-13-24(34)14-6-19/h5-17,26,29H,2-4,18H2,1H3,(H,36,42)/b21-17+/t26-,29-,32-/m1/s1. The SMILES string of the molecule is C[C@]1(c2ccc(Cl)cc2)NC(=O)N(CC(=O)N2N=C3/C(=C/c4ccc(F)cc4)CCC[C@H]3[C@H]2c2ccc(F)cc2)C1=O. The lowest BCUT2D eigenvalue weighted by molar-refractivity contribution is -0.140. The molecule has 2 heterocycles. The molecule has 3 aromatic rings. The van der Waals surface area contributed by atoms with E-state index in [4.69, 9.17) is 16.7 Å². The molecule has 2 aliphatic heterocycles. The van der Waals surface area contributed by atoms with Crippen LogP contribution in [0.5, 0.6) is 0 Å². The van der Waals surface area contributed by atoms with Crippen molar-refractivity contribution >= 4 is 41.2 Å². The van der Waals surface area contributed by atoms with Crippen molar-refractivity contribution in [1.29, 1.82) is 0 Å². The van der Waals surface area contributed by atoms with Gasteiger partial charge in [0.15, 0.2) is 0 Å². The fraction of sp³-hybridized carbons (Fsp3) is 0.250. The highest BCUT2D eigenvalue weighted by molar-refractivity contribution is 6.30. The molecular formula is C32H27ClF2N4O3. The van der Waals surface area contributed by atoms with Crippen LogP contribution in [0.1, 0.15) is 48.9 Å². The number of carbonyl (C=O) groups excluding carboxylic acids is 3. The molecule has 0 radical (unpaired) electrons. The fourth-order valence-corrected chi connectivity index (χ4v) is 6.11. The highest BCUT2D eigenvalue weighted by Gasteiger charge is 2.51. The zero-order valence-corrected chi connectivity index (χ0v) is 23.4. The fourth-order valence-electron chi connectivity index (χ4n) is 5.99. The number of imide groups is 1. The van der Waals surface area contributed by atoms with Gasteiger partial charge in [-0.2, -0.15) is 5.10 Å². The Bertz CT molecular complexity index is 1620. The van der Waals surface area contributed by atoms with Gasteiger partial charge < -0.3 is 5.32 Å². The van der Waals surface area contributed by atoms with E-state index in [9.17, 15) is 23.2 Å². The number of nitrogens with one attached hydrogen (secondary N) is 1. The van der Waals surface area contributed by atoms with Crippen LogP contribution in [-0.4, -0.2) is 40.0 Å². The summed E-state index contributed by atoms with van der Waals surface area (Å²) in [5, 5.41) is 9.29. The zero-order valence-electron chi connectivity index (χ0n) is 22.7. The Morgan fingerprint density at radius 2 is 1.67 bits per heavy atom. The number of hydrazone groups is 1. The minimum absolute atomic E-state index is 0.178. The smallest absolute Gasteiger partial charge is 0.319 e. The number of benzene rings is 3. The van der Waals surface area contributed by atoms with E-state index >= 15 is 0 Å². The van der Waals surface area contributed by atoms with Crippen LogP contribution < -0.4 is 5.32 Å². The molecular weight excluding hydrogens is 562 g/mol. The van der Waals surface area contributed by atoms with Crippen molar-refractivity contribution in [2.45, 2.75) is 37.8 Å². The van der Waals surface area contributed by atoms with Gasteiger partial charge in [-0.1, -0.05) is 48.0 Å². The van der Waals surface area contributed by atoms with Crippen LogP contribution in [0, 0.1) is 17.6 Å². The lowest BCUT2D eigenvalue weighted by Gasteiger charge is -2.30. The van der Waals surface area contributed by atoms with Crippen molar-refractivity contribution < 1.29 is 23.2 Å². The maximum Gasteiger partial charge on any atom is 0.325 e. The monoisotopic (exact) mass is 588 g/mol. The predicted molar refractivity (Wildman–Crippen MR) is 154 cm³/mol. The van der Waals surface area contributed by atoms with Gasteiger partial charge in [0.2, 0.25) is 0 Å². The number of rotatable bonds is 5. The van der Waals surface area contributed by atoms with E-state index in [1.807, 2.05) is 6.08 Å². The summed E-state index contributed by atoms with van der Waals surface area (Å²) in [7, 11) is 0. The molecule has 3 atom stereocenters. The third-order valence-electron chi connectivity index (χ3n) is 8.17. The summed E-state index contributed by atoms with van der Waals surface area (Å²) in [6.45, 7) is 1.06. The van der Waals surface area contributed by atoms with E-state index in [2.05, 4.69) is 5.32 Å². The summed E-state index contributed by atoms with van der Waals surface area (Å²) in [5.74, 6) is -2.03. The quantitative estimate of drug-likeness (QED) is 0.360. The van der Waals surface area contributed by atoms with Crippen LogP contribution in [0.3, 0.4) is 0 Å². The van der Waals surface area contributed by atoms with E-state index in [1.54, 1.807) is 55.5 Å². The van der Waals surface area contributed by atoms with Crippen molar-refractivity contribution in [3.05, 3.63) is 112 Å². The Balaban J connectivity index is 1.32. The van der Waals surface area contributed by atoms with Gasteiger partial charge in [-0.25, -0.2) is 18.6 Å². The Hall–Kier alpha value is -4.37. The first-order chi connectivity index (χ1) is 20.1. The Morgan fingerprint density at radius 3 is 2.33 bits per heavy atom. The molecule has 1 saturated heterocycles. The summed E-state index contributed by atoms with van der Waals surface area (Å²) in [6.07, 6.45) is 4.23. The summed E-state index contributed by atoms with van der Waals surface area (Å²) >= 11 is 6.00. The summed E-state index contributed by atoms with van der Waals surface area (Å²) in [5.41, 5.74) is 2.31. The predicted octanol–water partition coefficient (Wildman–Crippen LogP) is 6.21. The number of hydrogen-bond acceptors (Lipinski definition) is 4. The molecule has 3 aromatic carbocycles. The van der Waals surface area contributed by atoms with Gasteiger partial charge in [0.1, 0.15) is 23.7 Å². The molecule has 2 fully saturated rings. The molecule has 214 valence electrons. The minimum atomic E-state index is -1.37. The molecule has 1 N–H and O–H groups in total. The van der Waals surface area contributed by atoms with Crippen LogP contribution in [0.25, 0.3) is 6.08 Å². The van der Waals surface area contributed by atoms with Gasteiger partial charge in [0.05, 0.1) is 11.8 Å². The average Bonchev–Trinajstić information content (AvgIpc) is 3.47. The van der Waals surface area contributed by atoms with Crippen molar-refractivity contribution in [1.82, 2.24) is 15.2 Å². The maximum atomic E-state index is 13.9. The number of carbonyl (C=O) groups is 3. The third kappa shape index (κ3) is 4.98. The molecule has 7 nitrogen and oxygen atoms in total. The normalized spacial score (nSPS) is 24.6. The topological polar surface area (TPSA) is 82.1 Å². The third-order valence-corrected chi connectivity index (χ3v) is 8.42. The van der Waals surface area contributed by atoms with Crippen LogP contribution in [-0.2, 0) is 15.1 Å². The average molecular weight is 589 g/mol. The lowest BCUT2D eigenvalue weighted by Crippen LogP contribution is -2.44. The van der Waals surface area contributed by atoms with Crippen molar-refractivity contribution in [2.24, 2.45) is 11.0 Å². The van der Waals surface area contributed by atoms with Gasteiger partial charge in [0.25, 0.3) is 11.8 Å². The van der Waals surface area contributed by atoms with Crippen molar-refractivity contribution in [2.75, 3.05) is 6.54 Å². The summed E-state index contributed by atoms with van der Waals surface area (Å²) in [6, 6.07) is 17.4. The number of hydrogen-bond donors (Lipinski definition) is 1. The Kier molecular flexibility index (Phi) is 7.14. The van der Waals surface area contributed by atoms with E-state index in [-0.39, 0.29) is 11.7 Å². The minimum Gasteiger partial charge on any atom is -0.319 e. The molecule has 6 rings (SSSR count). The Labute approximate surface area is 246 Å². The van der Waals surface area contributed by atoms with E-state index in [0.717, 1.165) is 41.0 Å². The van der Waals surface area contributed by atoms with Gasteiger partial charge in [-0.15, -0.1) is 0 Å². The van der Waals surface area contributed by atoms with E-state index in [1.165, 1.54) is 29.3 Å². The van der Waals surface area contributed by atoms with E-state index in [0.29, 0.717) is 16.1 Å². The van der Waals surface area contributed by atoms with Crippen LogP contribution in [0.2, 0.25) is 5.02 Å². The molecule has 10 heteroatoms. The van der Waals surface area contributed by atoms with Gasteiger partial charge in [-0.3, -0.25) is 14.5 Å². The van der Waals surface area contributed by atoms with E-state index < -0.39 is 41.8 Å². The number of halogens is 3. The molecule has 0 unspecified atom stereocenters. The maximum absolute atomic E-state index is 13.9. The van der Waals surface area contributed by atoms with Gasteiger partial charge in [-0.05, 0) is 90.9 Å². The molecule has 4 amide bonds. The first-order valence-electron chi connectivity index (χ1n) is 13.7. The number of urea groups is 1. The number of nitrogens with zero attached hydrogens (tertiary/aromatic N) is 3. The number of fused-ring (bicyclic) bond motifs is 1. The summed E-state index contributed by atoms with van der Waals surface area (Å²) in [4.78, 5) is 41.3. The molecule has 0 aromatic heterocycles. The van der Waals surface area contributed by atoms with Crippen molar-refractivity contribution in [3.63, 3.8) is 0 Å². The van der Waals surface area contributed by atoms with Gasteiger partial charge >= 0.3 is 6.03 Å². The highest BCUT2D eigenvalue weighted by Crippen LogP contribution is 2.44. The lowest BCUT2D eigenvalue weighted by atomic mass is 9.77. The number of amides is 4. The number of allylic oxidation sites excluding steroid dienone is 1. The molecule has 0 spiro atoms.